The zero-order valence-corrected chi connectivity index (χ0v) is 9.55. The fourth-order valence-electron chi connectivity index (χ4n) is 1.47. The summed E-state index contributed by atoms with van der Waals surface area (Å²) in [5.41, 5.74) is 2.47. The van der Waals surface area contributed by atoms with Crippen molar-refractivity contribution in [3.05, 3.63) is 29.3 Å². The molecular weight excluding hydrogens is 184 g/mol. The van der Waals surface area contributed by atoms with Crippen LogP contribution in [-0.4, -0.2) is 6.61 Å². The van der Waals surface area contributed by atoms with Crippen LogP contribution in [-0.2, 0) is 0 Å². The Kier molecular flexibility index (Phi) is 4.77. The second kappa shape index (κ2) is 6.14. The number of benzene rings is 1. The molecule has 0 aromatic heterocycles. The summed E-state index contributed by atoms with van der Waals surface area (Å²) in [6, 6.07) is 6.24. The van der Waals surface area contributed by atoms with Crippen molar-refractivity contribution in [1.82, 2.24) is 0 Å². The van der Waals surface area contributed by atoms with Crippen molar-refractivity contribution in [1.29, 1.82) is 0 Å². The summed E-state index contributed by atoms with van der Waals surface area (Å²) in [6.45, 7) is 4.92. The van der Waals surface area contributed by atoms with Gasteiger partial charge in [0, 0.05) is 6.42 Å². The second-order valence-electron chi connectivity index (χ2n) is 3.78. The average molecular weight is 202 g/mol. The van der Waals surface area contributed by atoms with Gasteiger partial charge in [-0.25, -0.2) is 0 Å². The van der Waals surface area contributed by atoms with Gasteiger partial charge in [0.05, 0.1) is 6.61 Å². The van der Waals surface area contributed by atoms with Crippen molar-refractivity contribution in [3.63, 3.8) is 0 Å². The van der Waals surface area contributed by atoms with Gasteiger partial charge < -0.3 is 4.74 Å². The molecule has 0 atom stereocenters. The van der Waals surface area contributed by atoms with Crippen LogP contribution in [0.25, 0.3) is 0 Å². The fraction of sp³-hybridized carbons (Fsp3) is 0.429. The minimum absolute atomic E-state index is 0.756. The van der Waals surface area contributed by atoms with E-state index in [1.54, 1.807) is 0 Å². The molecule has 80 valence electrons. The summed E-state index contributed by atoms with van der Waals surface area (Å²) >= 11 is 0. The highest BCUT2D eigenvalue weighted by molar-refractivity contribution is 5.35. The maximum Gasteiger partial charge on any atom is 0.122 e. The van der Waals surface area contributed by atoms with E-state index in [-0.39, 0.29) is 0 Å². The van der Waals surface area contributed by atoms with Crippen LogP contribution in [0.1, 0.15) is 30.4 Å². The molecule has 0 unspecified atom stereocenters. The first-order chi connectivity index (χ1) is 7.24. The minimum Gasteiger partial charge on any atom is -0.493 e. The van der Waals surface area contributed by atoms with Crippen LogP contribution in [0.5, 0.6) is 5.75 Å². The van der Waals surface area contributed by atoms with Crippen molar-refractivity contribution in [2.24, 2.45) is 0 Å². The lowest BCUT2D eigenvalue weighted by molar-refractivity contribution is 0.305. The Bertz CT molecular complexity index is 347. The molecule has 0 amide bonds. The number of terminal acetylenes is 1. The van der Waals surface area contributed by atoms with E-state index in [2.05, 4.69) is 31.9 Å². The first-order valence-corrected chi connectivity index (χ1v) is 5.37. The smallest absolute Gasteiger partial charge is 0.122 e. The van der Waals surface area contributed by atoms with E-state index in [9.17, 15) is 0 Å². The largest absolute Gasteiger partial charge is 0.493 e. The molecule has 0 aliphatic heterocycles. The summed E-state index contributed by atoms with van der Waals surface area (Å²) < 4.78 is 5.67. The van der Waals surface area contributed by atoms with Gasteiger partial charge in [-0.15, -0.1) is 12.3 Å². The highest BCUT2D eigenvalue weighted by atomic mass is 16.5. The van der Waals surface area contributed by atoms with E-state index in [4.69, 9.17) is 11.2 Å². The highest BCUT2D eigenvalue weighted by Gasteiger charge is 1.98. The summed E-state index contributed by atoms with van der Waals surface area (Å²) in [6.07, 6.45) is 8.08. The monoisotopic (exact) mass is 202 g/mol. The van der Waals surface area contributed by atoms with Crippen LogP contribution >= 0.6 is 0 Å². The van der Waals surface area contributed by atoms with Crippen LogP contribution in [0.2, 0.25) is 0 Å². The van der Waals surface area contributed by atoms with E-state index >= 15 is 0 Å². The molecule has 15 heavy (non-hydrogen) atoms. The SMILES string of the molecule is C#CCCCCOc1ccc(C)cc1C. The number of hydrogen-bond acceptors (Lipinski definition) is 1. The van der Waals surface area contributed by atoms with E-state index in [0.717, 1.165) is 31.6 Å². The Hall–Kier alpha value is -1.42. The molecule has 0 radical (unpaired) electrons. The van der Waals surface area contributed by atoms with Crippen LogP contribution in [0.4, 0.5) is 0 Å². The maximum atomic E-state index is 5.67. The predicted octanol–water partition coefficient (Wildman–Crippen LogP) is 3.49. The van der Waals surface area contributed by atoms with Crippen LogP contribution in [0.15, 0.2) is 18.2 Å². The average Bonchev–Trinajstić information content (AvgIpc) is 2.20. The molecule has 0 N–H and O–H groups in total. The van der Waals surface area contributed by atoms with Gasteiger partial charge in [0.2, 0.25) is 0 Å². The first-order valence-electron chi connectivity index (χ1n) is 5.37. The lowest BCUT2D eigenvalue weighted by Gasteiger charge is -2.09. The van der Waals surface area contributed by atoms with E-state index in [0.29, 0.717) is 0 Å². The summed E-state index contributed by atoms with van der Waals surface area (Å²) in [7, 11) is 0. The molecule has 0 saturated heterocycles. The summed E-state index contributed by atoms with van der Waals surface area (Å²) in [5, 5.41) is 0. The number of ether oxygens (including phenoxy) is 1. The van der Waals surface area contributed by atoms with E-state index in [1.807, 2.05) is 6.07 Å². The van der Waals surface area contributed by atoms with Gasteiger partial charge in [0.15, 0.2) is 0 Å². The molecule has 1 aromatic carbocycles. The molecule has 1 heteroatoms. The molecule has 0 aliphatic rings. The van der Waals surface area contributed by atoms with Gasteiger partial charge in [0.25, 0.3) is 0 Å². The molecular formula is C14H18O. The lowest BCUT2D eigenvalue weighted by atomic mass is 10.1. The number of aryl methyl sites for hydroxylation is 2. The van der Waals surface area contributed by atoms with Gasteiger partial charge in [-0.05, 0) is 38.3 Å². The zero-order valence-electron chi connectivity index (χ0n) is 9.55. The number of rotatable bonds is 5. The Balaban J connectivity index is 2.35. The third-order valence-electron chi connectivity index (χ3n) is 2.30. The van der Waals surface area contributed by atoms with Gasteiger partial charge in [-0.3, -0.25) is 0 Å². The molecule has 0 fully saturated rings. The molecule has 0 aliphatic carbocycles. The molecule has 1 nitrogen and oxygen atoms in total. The van der Waals surface area contributed by atoms with E-state index < -0.39 is 0 Å². The van der Waals surface area contributed by atoms with Gasteiger partial charge >= 0.3 is 0 Å². The Morgan fingerprint density at radius 2 is 2.07 bits per heavy atom. The molecule has 1 rings (SSSR count). The first kappa shape index (κ1) is 11.7. The Labute approximate surface area is 92.5 Å². The topological polar surface area (TPSA) is 9.23 Å². The molecule has 0 bridgehead atoms. The van der Waals surface area contributed by atoms with Crippen LogP contribution in [0, 0.1) is 26.2 Å². The van der Waals surface area contributed by atoms with Gasteiger partial charge in [-0.2, -0.15) is 0 Å². The van der Waals surface area contributed by atoms with Gasteiger partial charge in [-0.1, -0.05) is 17.7 Å². The normalized spacial score (nSPS) is 9.67. The standard InChI is InChI=1S/C14H18O/c1-4-5-6-7-10-15-14-9-8-12(2)11-13(14)3/h1,8-9,11H,5-7,10H2,2-3H3. The highest BCUT2D eigenvalue weighted by Crippen LogP contribution is 2.18. The minimum atomic E-state index is 0.756. The Morgan fingerprint density at radius 1 is 1.27 bits per heavy atom. The van der Waals surface area contributed by atoms with Crippen LogP contribution in [0.3, 0.4) is 0 Å². The van der Waals surface area contributed by atoms with Crippen molar-refractivity contribution in [3.8, 4) is 18.1 Å². The van der Waals surface area contributed by atoms with Crippen LogP contribution < -0.4 is 4.74 Å². The lowest BCUT2D eigenvalue weighted by Crippen LogP contribution is -1.98. The van der Waals surface area contributed by atoms with Crippen molar-refractivity contribution >= 4 is 0 Å². The summed E-state index contributed by atoms with van der Waals surface area (Å²) in [4.78, 5) is 0. The third-order valence-corrected chi connectivity index (χ3v) is 2.30. The second-order valence-corrected chi connectivity index (χ2v) is 3.78. The third kappa shape index (κ3) is 4.08. The Morgan fingerprint density at radius 3 is 2.73 bits per heavy atom. The molecule has 0 saturated carbocycles. The maximum absolute atomic E-state index is 5.67. The number of hydrogen-bond donors (Lipinski definition) is 0. The summed E-state index contributed by atoms with van der Waals surface area (Å²) in [5.74, 6) is 3.62. The quantitative estimate of drug-likeness (QED) is 0.524. The molecule has 0 heterocycles. The van der Waals surface area contributed by atoms with E-state index in [1.165, 1.54) is 11.1 Å². The van der Waals surface area contributed by atoms with Crippen molar-refractivity contribution in [2.45, 2.75) is 33.1 Å². The zero-order chi connectivity index (χ0) is 11.1. The van der Waals surface area contributed by atoms with Gasteiger partial charge in [0.1, 0.15) is 5.75 Å². The fourth-order valence-corrected chi connectivity index (χ4v) is 1.47. The number of unbranched alkanes of at least 4 members (excludes halogenated alkanes) is 2. The van der Waals surface area contributed by atoms with Crippen molar-refractivity contribution in [2.75, 3.05) is 6.61 Å². The molecule has 1 aromatic rings. The predicted molar refractivity (Wildman–Crippen MR) is 64.1 cm³/mol. The van der Waals surface area contributed by atoms with Crippen molar-refractivity contribution < 1.29 is 4.74 Å². The molecule has 0 spiro atoms.